The van der Waals surface area contributed by atoms with Gasteiger partial charge in [-0.3, -0.25) is 4.90 Å². The highest BCUT2D eigenvalue weighted by atomic mass is 35.5. The van der Waals surface area contributed by atoms with Crippen LogP contribution in [0, 0.1) is 11.3 Å². The monoisotopic (exact) mass is 454 g/mol. The van der Waals surface area contributed by atoms with Gasteiger partial charge in [0.05, 0.1) is 25.7 Å². The maximum atomic E-state index is 10.2. The molecule has 32 heavy (non-hydrogen) atoms. The van der Waals surface area contributed by atoms with Gasteiger partial charge in [0.1, 0.15) is 0 Å². The summed E-state index contributed by atoms with van der Waals surface area (Å²) in [7, 11) is 3.30. The van der Waals surface area contributed by atoms with E-state index in [1.54, 1.807) is 14.2 Å². The third-order valence-corrected chi connectivity index (χ3v) is 7.58. The fourth-order valence-electron chi connectivity index (χ4n) is 5.80. The lowest BCUT2D eigenvalue weighted by Gasteiger charge is -2.44. The van der Waals surface area contributed by atoms with Crippen LogP contribution in [0.3, 0.4) is 0 Å². The van der Waals surface area contributed by atoms with Gasteiger partial charge in [-0.05, 0) is 80.3 Å². The van der Waals surface area contributed by atoms with Crippen molar-refractivity contribution in [2.75, 3.05) is 20.8 Å². The Labute approximate surface area is 198 Å². The molecule has 0 bridgehead atoms. The van der Waals surface area contributed by atoms with Gasteiger partial charge < -0.3 is 9.47 Å². The van der Waals surface area contributed by atoms with Crippen LogP contribution in [0.25, 0.3) is 0 Å². The smallest absolute Gasteiger partial charge is 0.161 e. The van der Waals surface area contributed by atoms with E-state index in [1.807, 2.05) is 18.2 Å². The standard InChI is InChI=1S/C27H34N2O2.ClH/c1-4-29(24-11-9-20-7-5-6-8-21(20)17-24)23-13-15-27(19-28,16-14-23)22-10-12-25(30-2)26(18-22)31-3;/h5-8,10,12,18,23-24H,4,9,11,13-17H2,1-3H3;1H. The quantitative estimate of drug-likeness (QED) is 0.560. The lowest BCUT2D eigenvalue weighted by Crippen LogP contribution is -2.48. The van der Waals surface area contributed by atoms with Crippen molar-refractivity contribution in [2.45, 2.75) is 69.4 Å². The van der Waals surface area contributed by atoms with Gasteiger partial charge in [0.2, 0.25) is 0 Å². The topological polar surface area (TPSA) is 45.5 Å². The Morgan fingerprint density at radius 2 is 1.66 bits per heavy atom. The predicted molar refractivity (Wildman–Crippen MR) is 131 cm³/mol. The number of hydrogen-bond donors (Lipinski definition) is 0. The number of nitriles is 1. The second-order valence-corrected chi connectivity index (χ2v) is 8.99. The van der Waals surface area contributed by atoms with Gasteiger partial charge in [0.15, 0.2) is 11.5 Å². The van der Waals surface area contributed by atoms with Gasteiger partial charge in [-0.1, -0.05) is 37.3 Å². The van der Waals surface area contributed by atoms with E-state index < -0.39 is 5.41 Å². The van der Waals surface area contributed by atoms with Crippen molar-refractivity contribution >= 4 is 12.4 Å². The summed E-state index contributed by atoms with van der Waals surface area (Å²) in [6, 6.07) is 18.7. The van der Waals surface area contributed by atoms with E-state index in [2.05, 4.69) is 42.2 Å². The second-order valence-electron chi connectivity index (χ2n) is 8.99. The lowest BCUT2D eigenvalue weighted by molar-refractivity contribution is 0.0887. The Morgan fingerprint density at radius 3 is 2.28 bits per heavy atom. The van der Waals surface area contributed by atoms with Crippen molar-refractivity contribution in [3.63, 3.8) is 0 Å². The molecule has 2 aromatic rings. The summed E-state index contributed by atoms with van der Waals surface area (Å²) >= 11 is 0. The SMILES string of the molecule is CCN(C1CCC(C#N)(c2ccc(OC)c(OC)c2)CC1)C1CCc2ccccc2C1.Cl. The highest BCUT2D eigenvalue weighted by Gasteiger charge is 2.40. The highest BCUT2D eigenvalue weighted by molar-refractivity contribution is 5.85. The molecule has 172 valence electrons. The molecule has 2 aliphatic rings. The number of likely N-dealkylation sites (N-methyl/N-ethyl adjacent to an activating group) is 1. The number of fused-ring (bicyclic) bond motifs is 1. The first-order valence-electron chi connectivity index (χ1n) is 11.6. The van der Waals surface area contributed by atoms with Crippen LogP contribution in [-0.4, -0.2) is 37.7 Å². The third-order valence-electron chi connectivity index (χ3n) is 7.58. The van der Waals surface area contributed by atoms with E-state index in [9.17, 15) is 5.26 Å². The van der Waals surface area contributed by atoms with Crippen LogP contribution >= 0.6 is 12.4 Å². The number of rotatable bonds is 6. The molecule has 0 amide bonds. The Bertz CT molecular complexity index is 947. The Kier molecular flexibility index (Phi) is 8.09. The summed E-state index contributed by atoms with van der Waals surface area (Å²) in [6.45, 7) is 3.37. The fourth-order valence-corrected chi connectivity index (χ4v) is 5.80. The normalized spacial score (nSPS) is 24.7. The highest BCUT2D eigenvalue weighted by Crippen LogP contribution is 2.43. The van der Waals surface area contributed by atoms with E-state index in [-0.39, 0.29) is 12.4 Å². The first-order valence-corrected chi connectivity index (χ1v) is 11.6. The number of methoxy groups -OCH3 is 2. The van der Waals surface area contributed by atoms with Crippen LogP contribution in [0.2, 0.25) is 0 Å². The summed E-state index contributed by atoms with van der Waals surface area (Å²) in [6.07, 6.45) is 7.48. The minimum atomic E-state index is -0.436. The molecule has 0 N–H and O–H groups in total. The maximum absolute atomic E-state index is 10.2. The fraction of sp³-hybridized carbons (Fsp3) is 0.519. The molecule has 1 unspecified atom stereocenters. The van der Waals surface area contributed by atoms with E-state index in [0.29, 0.717) is 23.6 Å². The molecule has 5 heteroatoms. The Morgan fingerprint density at radius 1 is 0.969 bits per heavy atom. The molecule has 0 aromatic heterocycles. The Balaban J connectivity index is 0.00000289. The molecule has 0 spiro atoms. The molecule has 1 fully saturated rings. The molecule has 2 aromatic carbocycles. The number of halogens is 1. The molecular weight excluding hydrogens is 420 g/mol. The zero-order valence-corrected chi connectivity index (χ0v) is 20.3. The van der Waals surface area contributed by atoms with E-state index in [0.717, 1.165) is 44.2 Å². The number of aryl methyl sites for hydroxylation is 1. The Hall–Kier alpha value is -2.22. The van der Waals surface area contributed by atoms with Gasteiger partial charge in [0, 0.05) is 12.1 Å². The second kappa shape index (κ2) is 10.6. The minimum Gasteiger partial charge on any atom is -0.493 e. The zero-order valence-electron chi connectivity index (χ0n) is 19.5. The van der Waals surface area contributed by atoms with Gasteiger partial charge in [0.25, 0.3) is 0 Å². The molecule has 0 radical (unpaired) electrons. The molecule has 4 rings (SSSR count). The first-order chi connectivity index (χ1) is 15.1. The zero-order chi connectivity index (χ0) is 21.8. The van der Waals surface area contributed by atoms with Gasteiger partial charge in [-0.15, -0.1) is 12.4 Å². The van der Waals surface area contributed by atoms with Crippen LogP contribution in [0.1, 0.15) is 55.7 Å². The summed E-state index contributed by atoms with van der Waals surface area (Å²) in [5.74, 6) is 1.41. The van der Waals surface area contributed by atoms with Crippen molar-refractivity contribution in [3.05, 3.63) is 59.2 Å². The minimum absolute atomic E-state index is 0. The van der Waals surface area contributed by atoms with Crippen molar-refractivity contribution < 1.29 is 9.47 Å². The summed E-state index contributed by atoms with van der Waals surface area (Å²) in [5, 5.41) is 10.2. The molecule has 1 saturated carbocycles. The first kappa shape index (κ1) is 24.4. The van der Waals surface area contributed by atoms with Crippen molar-refractivity contribution in [3.8, 4) is 17.6 Å². The van der Waals surface area contributed by atoms with Crippen LogP contribution in [0.5, 0.6) is 11.5 Å². The maximum Gasteiger partial charge on any atom is 0.161 e. The van der Waals surface area contributed by atoms with E-state index in [1.165, 1.54) is 24.0 Å². The lowest BCUT2D eigenvalue weighted by atomic mass is 9.68. The number of ether oxygens (including phenoxy) is 2. The number of hydrogen-bond acceptors (Lipinski definition) is 4. The van der Waals surface area contributed by atoms with Crippen LogP contribution in [0.15, 0.2) is 42.5 Å². The average Bonchev–Trinajstić information content (AvgIpc) is 2.84. The van der Waals surface area contributed by atoms with Gasteiger partial charge >= 0.3 is 0 Å². The van der Waals surface area contributed by atoms with E-state index >= 15 is 0 Å². The van der Waals surface area contributed by atoms with Crippen molar-refractivity contribution in [1.29, 1.82) is 5.26 Å². The number of benzene rings is 2. The molecule has 2 aliphatic carbocycles. The summed E-state index contributed by atoms with van der Waals surface area (Å²) < 4.78 is 10.9. The van der Waals surface area contributed by atoms with Crippen molar-refractivity contribution in [1.82, 2.24) is 4.90 Å². The third kappa shape index (κ3) is 4.60. The summed E-state index contributed by atoms with van der Waals surface area (Å²) in [4.78, 5) is 2.73. The average molecular weight is 455 g/mol. The van der Waals surface area contributed by atoms with Gasteiger partial charge in [-0.25, -0.2) is 0 Å². The predicted octanol–water partition coefficient (Wildman–Crippen LogP) is 5.71. The van der Waals surface area contributed by atoms with Crippen LogP contribution in [-0.2, 0) is 18.3 Å². The molecule has 4 nitrogen and oxygen atoms in total. The summed E-state index contributed by atoms with van der Waals surface area (Å²) in [5.41, 5.74) is 3.66. The van der Waals surface area contributed by atoms with Crippen molar-refractivity contribution in [2.24, 2.45) is 0 Å². The van der Waals surface area contributed by atoms with Gasteiger partial charge in [-0.2, -0.15) is 5.26 Å². The molecule has 1 atom stereocenters. The van der Waals surface area contributed by atoms with Crippen LogP contribution < -0.4 is 9.47 Å². The van der Waals surface area contributed by atoms with E-state index in [4.69, 9.17) is 9.47 Å². The molecular formula is C27H35ClN2O2. The molecule has 0 saturated heterocycles. The molecule has 0 heterocycles. The van der Waals surface area contributed by atoms with Crippen LogP contribution in [0.4, 0.5) is 0 Å². The largest absolute Gasteiger partial charge is 0.493 e. The molecule has 0 aliphatic heterocycles. The number of nitrogens with zero attached hydrogens (tertiary/aromatic N) is 2.